The van der Waals surface area contributed by atoms with Crippen LogP contribution in [0.15, 0.2) is 53.4 Å². The van der Waals surface area contributed by atoms with E-state index in [1.165, 1.54) is 16.7 Å². The zero-order valence-corrected chi connectivity index (χ0v) is 15.9. The molecule has 3 rings (SSSR count). The van der Waals surface area contributed by atoms with Gasteiger partial charge in [0, 0.05) is 18.5 Å². The first-order chi connectivity index (χ1) is 13.1. The molecule has 7 heteroatoms. The van der Waals surface area contributed by atoms with Crippen LogP contribution in [0.25, 0.3) is 0 Å². The molecule has 27 heavy (non-hydrogen) atoms. The number of hydrogen-bond acceptors (Lipinski definition) is 6. The lowest BCUT2D eigenvalue weighted by Crippen LogP contribution is -2.31. The van der Waals surface area contributed by atoms with Crippen LogP contribution in [0.1, 0.15) is 5.56 Å². The monoisotopic (exact) mass is 387 g/mol. The van der Waals surface area contributed by atoms with Gasteiger partial charge in [0.05, 0.1) is 5.75 Å². The van der Waals surface area contributed by atoms with Crippen LogP contribution in [0.2, 0.25) is 0 Å². The number of likely N-dealkylation sites (N-methyl/N-ethyl adjacent to an activating group) is 1. The highest BCUT2D eigenvalue weighted by molar-refractivity contribution is 8.00. The highest BCUT2D eigenvalue weighted by Crippen LogP contribution is 2.34. The quantitative estimate of drug-likeness (QED) is 0.538. The number of thioether (sulfide) groups is 1. The number of esters is 1. The summed E-state index contributed by atoms with van der Waals surface area (Å²) in [6.45, 7) is 1.27. The molecule has 1 aliphatic rings. The molecular formula is C20H21NO5S. The summed E-state index contributed by atoms with van der Waals surface area (Å²) in [6.07, 6.45) is 0. The third-order valence-corrected chi connectivity index (χ3v) is 4.88. The summed E-state index contributed by atoms with van der Waals surface area (Å²) in [7, 11) is 1.69. The summed E-state index contributed by atoms with van der Waals surface area (Å²) >= 11 is 1.33. The van der Waals surface area contributed by atoms with E-state index in [0.717, 1.165) is 10.5 Å². The third-order valence-electron chi connectivity index (χ3n) is 3.92. The Morgan fingerprint density at radius 1 is 1.07 bits per heavy atom. The molecule has 1 amide bonds. The van der Waals surface area contributed by atoms with Crippen molar-refractivity contribution in [2.45, 2.75) is 11.4 Å². The summed E-state index contributed by atoms with van der Waals surface area (Å²) in [5, 5.41) is 0. The maximum Gasteiger partial charge on any atom is 0.316 e. The van der Waals surface area contributed by atoms with E-state index in [4.69, 9.17) is 14.2 Å². The van der Waals surface area contributed by atoms with Crippen LogP contribution in [0, 0.1) is 0 Å². The van der Waals surface area contributed by atoms with Crippen LogP contribution in [0.5, 0.6) is 11.5 Å². The first-order valence-corrected chi connectivity index (χ1v) is 9.56. The first kappa shape index (κ1) is 19.1. The number of carbonyl (C=O) groups excluding carboxylic acids is 2. The third kappa shape index (κ3) is 5.65. The number of ether oxygens (including phenoxy) is 3. The van der Waals surface area contributed by atoms with Gasteiger partial charge in [-0.15, -0.1) is 11.8 Å². The van der Waals surface area contributed by atoms with Gasteiger partial charge in [0.25, 0.3) is 5.91 Å². The van der Waals surface area contributed by atoms with Crippen LogP contribution in [0.3, 0.4) is 0 Å². The topological polar surface area (TPSA) is 65.1 Å². The van der Waals surface area contributed by atoms with E-state index in [1.54, 1.807) is 7.05 Å². The Kier molecular flexibility index (Phi) is 6.59. The minimum Gasteiger partial charge on any atom is -0.486 e. The fourth-order valence-electron chi connectivity index (χ4n) is 2.50. The Morgan fingerprint density at radius 3 is 2.59 bits per heavy atom. The van der Waals surface area contributed by atoms with Crippen LogP contribution in [0.4, 0.5) is 0 Å². The molecule has 0 N–H and O–H groups in total. The Labute approximate surface area is 162 Å². The maximum atomic E-state index is 12.1. The molecule has 142 valence electrons. The second kappa shape index (κ2) is 9.32. The van der Waals surface area contributed by atoms with Gasteiger partial charge in [-0.2, -0.15) is 0 Å². The molecular weight excluding hydrogens is 366 g/mol. The molecule has 0 atom stereocenters. The molecule has 0 saturated carbocycles. The molecule has 0 spiro atoms. The Bertz CT molecular complexity index is 796. The number of amides is 1. The molecule has 0 saturated heterocycles. The van der Waals surface area contributed by atoms with Crippen molar-refractivity contribution in [3.8, 4) is 11.5 Å². The fourth-order valence-corrected chi connectivity index (χ4v) is 3.22. The summed E-state index contributed by atoms with van der Waals surface area (Å²) in [4.78, 5) is 26.4. The lowest BCUT2D eigenvalue weighted by molar-refractivity contribution is -0.149. The van der Waals surface area contributed by atoms with Gasteiger partial charge < -0.3 is 19.1 Å². The number of nitrogens with zero attached hydrogens (tertiary/aromatic N) is 1. The highest BCUT2D eigenvalue weighted by Gasteiger charge is 2.15. The summed E-state index contributed by atoms with van der Waals surface area (Å²) in [5.41, 5.74) is 1.02. The fraction of sp³-hybridized carbons (Fsp3) is 0.300. The number of benzene rings is 2. The predicted octanol–water partition coefficient (Wildman–Crippen LogP) is 2.75. The second-order valence-electron chi connectivity index (χ2n) is 5.99. The SMILES string of the molecule is CN(Cc1ccccc1)C(=O)COC(=O)CSc1ccc2c(c1)OCCO2. The molecule has 2 aromatic carbocycles. The molecule has 0 aliphatic carbocycles. The number of carbonyl (C=O) groups is 2. The standard InChI is InChI=1S/C20H21NO5S/c1-21(12-15-5-3-2-4-6-15)19(22)13-26-20(23)14-27-16-7-8-17-18(11-16)25-10-9-24-17/h2-8,11H,9-10,12-14H2,1H3. The van der Waals surface area contributed by atoms with Crippen molar-refractivity contribution in [2.75, 3.05) is 32.6 Å². The molecule has 0 radical (unpaired) electrons. The minimum absolute atomic E-state index is 0.120. The Hall–Kier alpha value is -2.67. The molecule has 1 heterocycles. The van der Waals surface area contributed by atoms with Crippen molar-refractivity contribution >= 4 is 23.6 Å². The molecule has 0 aromatic heterocycles. The second-order valence-corrected chi connectivity index (χ2v) is 7.04. The zero-order chi connectivity index (χ0) is 19.1. The number of rotatable bonds is 7. The largest absolute Gasteiger partial charge is 0.486 e. The Balaban J connectivity index is 1.41. The van der Waals surface area contributed by atoms with Gasteiger partial charge >= 0.3 is 5.97 Å². The van der Waals surface area contributed by atoms with Crippen molar-refractivity contribution in [3.63, 3.8) is 0 Å². The number of hydrogen-bond donors (Lipinski definition) is 0. The summed E-state index contributed by atoms with van der Waals surface area (Å²) in [6, 6.07) is 15.2. The van der Waals surface area contributed by atoms with Crippen molar-refractivity contribution in [1.29, 1.82) is 0 Å². The lowest BCUT2D eigenvalue weighted by atomic mass is 10.2. The molecule has 2 aromatic rings. The van der Waals surface area contributed by atoms with E-state index in [0.29, 0.717) is 31.3 Å². The maximum absolute atomic E-state index is 12.1. The molecule has 0 unspecified atom stereocenters. The lowest BCUT2D eigenvalue weighted by Gasteiger charge is -2.18. The van der Waals surface area contributed by atoms with Crippen molar-refractivity contribution in [1.82, 2.24) is 4.90 Å². The molecule has 0 bridgehead atoms. The Morgan fingerprint density at radius 2 is 1.81 bits per heavy atom. The summed E-state index contributed by atoms with van der Waals surface area (Å²) in [5.74, 6) is 0.834. The van der Waals surface area contributed by atoms with E-state index in [1.807, 2.05) is 48.5 Å². The average Bonchev–Trinajstić information content (AvgIpc) is 2.71. The van der Waals surface area contributed by atoms with E-state index in [9.17, 15) is 9.59 Å². The first-order valence-electron chi connectivity index (χ1n) is 8.58. The smallest absolute Gasteiger partial charge is 0.316 e. The van der Waals surface area contributed by atoms with E-state index in [2.05, 4.69) is 0 Å². The van der Waals surface area contributed by atoms with Gasteiger partial charge in [-0.3, -0.25) is 9.59 Å². The van der Waals surface area contributed by atoms with Crippen LogP contribution >= 0.6 is 11.8 Å². The normalized spacial score (nSPS) is 12.3. The predicted molar refractivity (Wildman–Crippen MR) is 102 cm³/mol. The number of fused-ring (bicyclic) bond motifs is 1. The van der Waals surface area contributed by atoms with E-state index in [-0.39, 0.29) is 18.3 Å². The summed E-state index contributed by atoms with van der Waals surface area (Å²) < 4.78 is 16.1. The van der Waals surface area contributed by atoms with Gasteiger partial charge in [0.15, 0.2) is 18.1 Å². The van der Waals surface area contributed by atoms with Gasteiger partial charge in [0.1, 0.15) is 13.2 Å². The highest BCUT2D eigenvalue weighted by atomic mass is 32.2. The minimum atomic E-state index is -0.434. The van der Waals surface area contributed by atoms with Gasteiger partial charge in [0.2, 0.25) is 0 Å². The van der Waals surface area contributed by atoms with Crippen molar-refractivity contribution in [3.05, 3.63) is 54.1 Å². The molecule has 0 fully saturated rings. The van der Waals surface area contributed by atoms with Crippen LogP contribution < -0.4 is 9.47 Å². The molecule has 1 aliphatic heterocycles. The van der Waals surface area contributed by atoms with Crippen molar-refractivity contribution < 1.29 is 23.8 Å². The van der Waals surface area contributed by atoms with E-state index >= 15 is 0 Å². The molecule has 6 nitrogen and oxygen atoms in total. The van der Waals surface area contributed by atoms with Gasteiger partial charge in [-0.1, -0.05) is 30.3 Å². The van der Waals surface area contributed by atoms with Gasteiger partial charge in [-0.25, -0.2) is 0 Å². The van der Waals surface area contributed by atoms with Crippen molar-refractivity contribution in [2.24, 2.45) is 0 Å². The van der Waals surface area contributed by atoms with E-state index < -0.39 is 5.97 Å². The van der Waals surface area contributed by atoms with Crippen LogP contribution in [-0.2, 0) is 20.9 Å². The zero-order valence-electron chi connectivity index (χ0n) is 15.1. The average molecular weight is 387 g/mol. The van der Waals surface area contributed by atoms with Crippen LogP contribution in [-0.4, -0.2) is 49.4 Å². The van der Waals surface area contributed by atoms with Gasteiger partial charge in [-0.05, 0) is 23.8 Å².